The third-order valence-corrected chi connectivity index (χ3v) is 11.7. The number of piperidine rings is 1. The molecule has 1 aliphatic heterocycles. The highest BCUT2D eigenvalue weighted by molar-refractivity contribution is 5.96. The summed E-state index contributed by atoms with van der Waals surface area (Å²) >= 11 is 0. The Kier molecular flexibility index (Phi) is 9.83. The van der Waals surface area contributed by atoms with Crippen molar-refractivity contribution >= 4 is 35.3 Å². The first-order chi connectivity index (χ1) is 24.7. The Bertz CT molecular complexity index is 1770. The molecule has 268 valence electrons. The number of aromatic nitrogens is 1. The number of nitrogens with one attached hydrogen (secondary N) is 4. The number of hydrogen-bond acceptors (Lipinski definition) is 6. The maximum absolute atomic E-state index is 14.6. The Hall–Kier alpha value is -4.77. The number of likely N-dealkylation sites (tertiary alicyclic amines) is 1. The van der Waals surface area contributed by atoms with Crippen LogP contribution in [0.4, 0.5) is 16.3 Å². The fraction of sp³-hybridized carbons (Fsp3) is 0.475. The van der Waals surface area contributed by atoms with Crippen molar-refractivity contribution in [2.75, 3.05) is 37.3 Å². The third kappa shape index (κ3) is 7.35. The monoisotopic (exact) mass is 691 g/mol. The third-order valence-electron chi connectivity index (χ3n) is 11.7. The molecule has 2 bridgehead atoms. The molecular formula is C40H49N7O4. The van der Waals surface area contributed by atoms with Gasteiger partial charge in [-0.1, -0.05) is 43.3 Å². The average molecular weight is 692 g/mol. The van der Waals surface area contributed by atoms with Gasteiger partial charge in [-0.3, -0.25) is 14.4 Å². The zero-order valence-corrected chi connectivity index (χ0v) is 29.7. The molecule has 51 heavy (non-hydrogen) atoms. The Morgan fingerprint density at radius 1 is 0.902 bits per heavy atom. The molecule has 0 spiro atoms. The van der Waals surface area contributed by atoms with Crippen LogP contribution in [0.1, 0.15) is 67.7 Å². The molecule has 0 unspecified atom stereocenters. The minimum absolute atomic E-state index is 0.0109. The van der Waals surface area contributed by atoms with E-state index in [1.165, 1.54) is 0 Å². The first kappa shape index (κ1) is 34.7. The van der Waals surface area contributed by atoms with Crippen LogP contribution < -0.4 is 21.3 Å². The van der Waals surface area contributed by atoms with E-state index in [0.29, 0.717) is 69.8 Å². The predicted octanol–water partition coefficient (Wildman–Crippen LogP) is 4.88. The van der Waals surface area contributed by atoms with E-state index in [0.717, 1.165) is 47.4 Å². The molecular weight excluding hydrogens is 642 g/mol. The van der Waals surface area contributed by atoms with Crippen LogP contribution in [0.25, 0.3) is 0 Å². The fourth-order valence-electron chi connectivity index (χ4n) is 8.53. The fourth-order valence-corrected chi connectivity index (χ4v) is 8.53. The molecule has 4 N–H and O–H groups in total. The van der Waals surface area contributed by atoms with Crippen molar-refractivity contribution in [3.05, 3.63) is 89.1 Å². The van der Waals surface area contributed by atoms with E-state index in [2.05, 4.69) is 26.3 Å². The van der Waals surface area contributed by atoms with Gasteiger partial charge in [0.1, 0.15) is 12.4 Å². The summed E-state index contributed by atoms with van der Waals surface area (Å²) in [5.41, 5.74) is 4.16. The maximum atomic E-state index is 14.6. The van der Waals surface area contributed by atoms with Crippen molar-refractivity contribution in [2.45, 2.75) is 76.9 Å². The van der Waals surface area contributed by atoms with E-state index in [1.54, 1.807) is 23.2 Å². The van der Waals surface area contributed by atoms with Crippen molar-refractivity contribution in [2.24, 2.45) is 17.3 Å². The number of anilines is 2. The van der Waals surface area contributed by atoms with Gasteiger partial charge in [0.2, 0.25) is 17.7 Å². The van der Waals surface area contributed by atoms with Crippen molar-refractivity contribution < 1.29 is 19.2 Å². The maximum Gasteiger partial charge on any atom is 0.317 e. The second-order valence-electron chi connectivity index (χ2n) is 15.1. The number of rotatable bonds is 12. The summed E-state index contributed by atoms with van der Waals surface area (Å²) in [5, 5.41) is 12.4. The molecule has 0 radical (unpaired) electrons. The summed E-state index contributed by atoms with van der Waals surface area (Å²) in [4.78, 5) is 62.2. The van der Waals surface area contributed by atoms with Gasteiger partial charge in [-0.25, -0.2) is 9.78 Å². The number of carbonyl (C=O) groups is 4. The lowest BCUT2D eigenvalue weighted by Crippen LogP contribution is -2.70. The molecule has 3 saturated carbocycles. The minimum Gasteiger partial charge on any atom is -0.333 e. The van der Waals surface area contributed by atoms with E-state index >= 15 is 0 Å². The van der Waals surface area contributed by atoms with E-state index in [4.69, 9.17) is 0 Å². The number of fused-ring (bicyclic) bond motifs is 1. The topological polar surface area (TPSA) is 136 Å². The van der Waals surface area contributed by atoms with Crippen LogP contribution >= 0.6 is 0 Å². The molecule has 1 atom stereocenters. The van der Waals surface area contributed by atoms with E-state index in [9.17, 15) is 19.2 Å². The SMILES string of the molecule is CCC1(C(=O)N(CC(=O)Nc2ccc3c(c2)C[C@H](C(=O)Nc2ccccn2)C3)Cc2ccccc2CNC)CCN(C(=O)NC23CC(C2)C3)CC1. The molecule has 1 aromatic heterocycles. The van der Waals surface area contributed by atoms with Crippen molar-refractivity contribution in [1.29, 1.82) is 0 Å². The molecule has 3 aromatic rings. The lowest BCUT2D eigenvalue weighted by molar-refractivity contribution is -0.147. The molecule has 4 fully saturated rings. The molecule has 4 aliphatic carbocycles. The van der Waals surface area contributed by atoms with Gasteiger partial charge in [-0.15, -0.1) is 0 Å². The summed E-state index contributed by atoms with van der Waals surface area (Å²) in [7, 11) is 1.89. The summed E-state index contributed by atoms with van der Waals surface area (Å²) in [6, 6.07) is 19.2. The molecule has 11 heteroatoms. The van der Waals surface area contributed by atoms with Crippen LogP contribution in [0, 0.1) is 17.3 Å². The lowest BCUT2D eigenvalue weighted by atomic mass is 9.50. The number of benzene rings is 2. The van der Waals surface area contributed by atoms with Crippen LogP contribution in [0.5, 0.6) is 0 Å². The van der Waals surface area contributed by atoms with Crippen molar-refractivity contribution in [3.63, 3.8) is 0 Å². The normalized spacial score (nSPS) is 22.5. The smallest absolute Gasteiger partial charge is 0.317 e. The summed E-state index contributed by atoms with van der Waals surface area (Å²) in [5.74, 6) is 0.692. The van der Waals surface area contributed by atoms with Gasteiger partial charge in [-0.05, 0) is 111 Å². The average Bonchev–Trinajstić information content (AvgIpc) is 3.54. The largest absolute Gasteiger partial charge is 0.333 e. The summed E-state index contributed by atoms with van der Waals surface area (Å²) < 4.78 is 0. The molecule has 1 saturated heterocycles. The predicted molar refractivity (Wildman–Crippen MR) is 196 cm³/mol. The molecule has 8 rings (SSSR count). The van der Waals surface area contributed by atoms with Crippen LogP contribution in [0.3, 0.4) is 0 Å². The first-order valence-corrected chi connectivity index (χ1v) is 18.4. The van der Waals surface area contributed by atoms with Crippen LogP contribution in [-0.2, 0) is 40.3 Å². The molecule has 5 amide bonds. The van der Waals surface area contributed by atoms with Gasteiger partial charge in [0.15, 0.2) is 0 Å². The molecule has 5 aliphatic rings. The zero-order valence-electron chi connectivity index (χ0n) is 29.7. The highest BCUT2D eigenvalue weighted by atomic mass is 16.2. The Morgan fingerprint density at radius 2 is 1.63 bits per heavy atom. The molecule has 11 nitrogen and oxygen atoms in total. The highest BCUT2D eigenvalue weighted by Crippen LogP contribution is 2.57. The van der Waals surface area contributed by atoms with Gasteiger partial charge in [0.25, 0.3) is 0 Å². The molecule has 2 heterocycles. The van der Waals surface area contributed by atoms with Gasteiger partial charge in [-0.2, -0.15) is 0 Å². The number of amides is 5. The van der Waals surface area contributed by atoms with Gasteiger partial charge < -0.3 is 31.1 Å². The van der Waals surface area contributed by atoms with Gasteiger partial charge in [0.05, 0.1) is 5.41 Å². The van der Waals surface area contributed by atoms with Crippen LogP contribution in [0.15, 0.2) is 66.9 Å². The van der Waals surface area contributed by atoms with E-state index in [-0.39, 0.29) is 41.8 Å². The Labute approximate surface area is 300 Å². The second kappa shape index (κ2) is 14.5. The van der Waals surface area contributed by atoms with Crippen molar-refractivity contribution in [1.82, 2.24) is 25.4 Å². The van der Waals surface area contributed by atoms with Gasteiger partial charge in [0, 0.05) is 49.5 Å². The Balaban J connectivity index is 1.03. The highest BCUT2D eigenvalue weighted by Gasteiger charge is 2.58. The molecule has 2 aromatic carbocycles. The number of carbonyl (C=O) groups excluding carboxylic acids is 4. The van der Waals surface area contributed by atoms with Gasteiger partial charge >= 0.3 is 6.03 Å². The Morgan fingerprint density at radius 3 is 2.29 bits per heavy atom. The quantitative estimate of drug-likeness (QED) is 0.214. The van der Waals surface area contributed by atoms with E-state index < -0.39 is 5.41 Å². The van der Waals surface area contributed by atoms with Crippen molar-refractivity contribution in [3.8, 4) is 0 Å². The van der Waals surface area contributed by atoms with Crippen LogP contribution in [-0.4, -0.2) is 70.8 Å². The standard InChI is InChI=1S/C40H49N7O4/c1-3-39(13-16-46(17-14-39)38(51)45-40-21-27(22-40)23-40)37(50)47(25-30-9-5-4-8-29(30)24-41-2)26-35(48)43-33-12-11-28-18-32(19-31(28)20-33)36(49)44-34-10-6-7-15-42-34/h4-12,15,20,27,32,41H,3,13-14,16-19,21-26H2,1-2H3,(H,43,48)(H,45,51)(H,42,44,49)/t27?,32-,40?/m1/s1. The number of urea groups is 1. The summed E-state index contributed by atoms with van der Waals surface area (Å²) in [6.07, 6.45) is 7.85. The zero-order chi connectivity index (χ0) is 35.6. The summed E-state index contributed by atoms with van der Waals surface area (Å²) in [6.45, 7) is 3.91. The first-order valence-electron chi connectivity index (χ1n) is 18.4. The minimum atomic E-state index is -0.663. The lowest BCUT2D eigenvalue weighted by Gasteiger charge is -2.62. The van der Waals surface area contributed by atoms with Crippen LogP contribution in [0.2, 0.25) is 0 Å². The van der Waals surface area contributed by atoms with E-state index in [1.807, 2.05) is 67.4 Å². The number of hydrogen-bond donors (Lipinski definition) is 4. The number of pyridine rings is 1. The number of nitrogens with zero attached hydrogens (tertiary/aromatic N) is 3. The second-order valence-corrected chi connectivity index (χ2v) is 15.1.